The minimum absolute atomic E-state index is 0.193. The van der Waals surface area contributed by atoms with Crippen molar-refractivity contribution < 1.29 is 0 Å². The summed E-state index contributed by atoms with van der Waals surface area (Å²) in [5, 5.41) is 1.42. The molecule has 0 amide bonds. The van der Waals surface area contributed by atoms with Gasteiger partial charge < -0.3 is 10.7 Å². The van der Waals surface area contributed by atoms with E-state index in [1.807, 2.05) is 13.1 Å². The normalized spacial score (nSPS) is 13.3. The molecule has 1 atom stereocenters. The first-order valence-electron chi connectivity index (χ1n) is 4.90. The SMILES string of the molecule is C[C@H](N)CCc1c[nH]c2ncnc(Cl)c12. The van der Waals surface area contributed by atoms with Gasteiger partial charge in [0.1, 0.15) is 17.1 Å². The van der Waals surface area contributed by atoms with E-state index in [4.69, 9.17) is 17.3 Å². The smallest absolute Gasteiger partial charge is 0.142 e. The second kappa shape index (κ2) is 4.16. The zero-order valence-electron chi connectivity index (χ0n) is 8.50. The summed E-state index contributed by atoms with van der Waals surface area (Å²) in [5.41, 5.74) is 7.64. The molecule has 2 heterocycles. The lowest BCUT2D eigenvalue weighted by atomic mass is 10.1. The number of aromatic amines is 1. The molecule has 2 aromatic rings. The van der Waals surface area contributed by atoms with Crippen molar-refractivity contribution in [2.75, 3.05) is 0 Å². The largest absolute Gasteiger partial charge is 0.346 e. The summed E-state index contributed by atoms with van der Waals surface area (Å²) in [5.74, 6) is 0. The van der Waals surface area contributed by atoms with E-state index in [-0.39, 0.29) is 6.04 Å². The van der Waals surface area contributed by atoms with Gasteiger partial charge >= 0.3 is 0 Å². The number of hydrogen-bond donors (Lipinski definition) is 2. The Morgan fingerprint density at radius 2 is 2.33 bits per heavy atom. The van der Waals surface area contributed by atoms with Crippen LogP contribution in [0.3, 0.4) is 0 Å². The molecule has 0 radical (unpaired) electrons. The second-order valence-electron chi connectivity index (χ2n) is 3.72. The van der Waals surface area contributed by atoms with Gasteiger partial charge in [0.2, 0.25) is 0 Å². The minimum atomic E-state index is 0.193. The summed E-state index contributed by atoms with van der Waals surface area (Å²) in [6.45, 7) is 1.99. The number of nitrogens with zero attached hydrogens (tertiary/aromatic N) is 2. The Kier molecular flexibility index (Phi) is 2.88. The molecule has 0 saturated heterocycles. The lowest BCUT2D eigenvalue weighted by Gasteiger charge is -2.03. The summed E-state index contributed by atoms with van der Waals surface area (Å²) < 4.78 is 0. The second-order valence-corrected chi connectivity index (χ2v) is 4.08. The highest BCUT2D eigenvalue weighted by atomic mass is 35.5. The first-order valence-corrected chi connectivity index (χ1v) is 5.28. The summed E-state index contributed by atoms with van der Waals surface area (Å²) in [6.07, 6.45) is 5.20. The zero-order chi connectivity index (χ0) is 10.8. The van der Waals surface area contributed by atoms with Gasteiger partial charge in [-0.2, -0.15) is 0 Å². The molecular formula is C10H13ClN4. The van der Waals surface area contributed by atoms with Gasteiger partial charge in [0.25, 0.3) is 0 Å². The summed E-state index contributed by atoms with van der Waals surface area (Å²) in [4.78, 5) is 11.2. The first kappa shape index (κ1) is 10.4. The topological polar surface area (TPSA) is 67.6 Å². The average molecular weight is 225 g/mol. The van der Waals surface area contributed by atoms with Crippen LogP contribution in [-0.2, 0) is 6.42 Å². The van der Waals surface area contributed by atoms with E-state index >= 15 is 0 Å². The van der Waals surface area contributed by atoms with Gasteiger partial charge in [0.05, 0.1) is 5.39 Å². The highest BCUT2D eigenvalue weighted by Crippen LogP contribution is 2.23. The number of nitrogens with one attached hydrogen (secondary N) is 1. The number of fused-ring (bicyclic) bond motifs is 1. The molecule has 0 aliphatic carbocycles. The lowest BCUT2D eigenvalue weighted by Crippen LogP contribution is -2.15. The van der Waals surface area contributed by atoms with Crippen molar-refractivity contribution in [1.82, 2.24) is 15.0 Å². The molecule has 0 fully saturated rings. The number of aryl methyl sites for hydroxylation is 1. The van der Waals surface area contributed by atoms with Gasteiger partial charge in [0, 0.05) is 12.2 Å². The highest BCUT2D eigenvalue weighted by molar-refractivity contribution is 6.34. The molecule has 0 aromatic carbocycles. The van der Waals surface area contributed by atoms with E-state index in [0.717, 1.165) is 29.4 Å². The third-order valence-corrected chi connectivity index (χ3v) is 2.66. The predicted molar refractivity (Wildman–Crippen MR) is 60.9 cm³/mol. The average Bonchev–Trinajstić information content (AvgIpc) is 2.59. The fraction of sp³-hybridized carbons (Fsp3) is 0.400. The van der Waals surface area contributed by atoms with Crippen molar-refractivity contribution in [3.05, 3.63) is 23.2 Å². The van der Waals surface area contributed by atoms with Crippen LogP contribution in [0.5, 0.6) is 0 Å². The fourth-order valence-corrected chi connectivity index (χ4v) is 1.82. The van der Waals surface area contributed by atoms with Crippen LogP contribution in [-0.4, -0.2) is 21.0 Å². The fourth-order valence-electron chi connectivity index (χ4n) is 1.57. The molecular weight excluding hydrogens is 212 g/mol. The monoisotopic (exact) mass is 224 g/mol. The van der Waals surface area contributed by atoms with E-state index in [9.17, 15) is 0 Å². The molecule has 5 heteroatoms. The lowest BCUT2D eigenvalue weighted by molar-refractivity contribution is 0.668. The Bertz CT molecular complexity index is 463. The first-order chi connectivity index (χ1) is 7.18. The van der Waals surface area contributed by atoms with Crippen LogP contribution in [0.15, 0.2) is 12.5 Å². The zero-order valence-corrected chi connectivity index (χ0v) is 9.25. The van der Waals surface area contributed by atoms with Gasteiger partial charge in [-0.05, 0) is 25.3 Å². The molecule has 0 spiro atoms. The number of halogens is 1. The van der Waals surface area contributed by atoms with Crippen LogP contribution in [0.4, 0.5) is 0 Å². The molecule has 0 aliphatic rings. The summed E-state index contributed by atoms with van der Waals surface area (Å²) in [6, 6.07) is 0.193. The molecule has 2 rings (SSSR count). The molecule has 0 unspecified atom stereocenters. The molecule has 15 heavy (non-hydrogen) atoms. The summed E-state index contributed by atoms with van der Waals surface area (Å²) >= 11 is 6.02. The Morgan fingerprint density at radius 1 is 1.53 bits per heavy atom. The quantitative estimate of drug-likeness (QED) is 0.783. The third-order valence-electron chi connectivity index (χ3n) is 2.37. The van der Waals surface area contributed by atoms with Crippen molar-refractivity contribution in [3.8, 4) is 0 Å². The molecule has 4 nitrogen and oxygen atoms in total. The summed E-state index contributed by atoms with van der Waals surface area (Å²) in [7, 11) is 0. The van der Waals surface area contributed by atoms with E-state index in [2.05, 4.69) is 15.0 Å². The van der Waals surface area contributed by atoms with E-state index in [1.165, 1.54) is 6.33 Å². The third kappa shape index (κ3) is 2.11. The van der Waals surface area contributed by atoms with Crippen molar-refractivity contribution in [1.29, 1.82) is 0 Å². The van der Waals surface area contributed by atoms with Gasteiger partial charge in [-0.15, -0.1) is 0 Å². The Morgan fingerprint density at radius 3 is 3.07 bits per heavy atom. The van der Waals surface area contributed by atoms with Crippen LogP contribution >= 0.6 is 11.6 Å². The number of aromatic nitrogens is 3. The van der Waals surface area contributed by atoms with Gasteiger partial charge in [-0.3, -0.25) is 0 Å². The van der Waals surface area contributed by atoms with Crippen molar-refractivity contribution in [2.45, 2.75) is 25.8 Å². The van der Waals surface area contributed by atoms with Crippen LogP contribution < -0.4 is 5.73 Å². The maximum atomic E-state index is 6.02. The number of H-pyrrole nitrogens is 1. The Labute approximate surface area is 92.9 Å². The Hall–Kier alpha value is -1.13. The van der Waals surface area contributed by atoms with Crippen LogP contribution in [0.25, 0.3) is 11.0 Å². The van der Waals surface area contributed by atoms with Crippen LogP contribution in [0.1, 0.15) is 18.9 Å². The van der Waals surface area contributed by atoms with Crippen molar-refractivity contribution in [2.24, 2.45) is 5.73 Å². The van der Waals surface area contributed by atoms with Gasteiger partial charge in [-0.1, -0.05) is 11.6 Å². The number of hydrogen-bond acceptors (Lipinski definition) is 3. The van der Waals surface area contributed by atoms with Crippen LogP contribution in [0, 0.1) is 0 Å². The minimum Gasteiger partial charge on any atom is -0.346 e. The molecule has 2 aromatic heterocycles. The van der Waals surface area contributed by atoms with Gasteiger partial charge in [-0.25, -0.2) is 9.97 Å². The number of nitrogens with two attached hydrogens (primary N) is 1. The Balaban J connectivity index is 2.35. The maximum Gasteiger partial charge on any atom is 0.142 e. The van der Waals surface area contributed by atoms with Crippen LogP contribution in [0.2, 0.25) is 5.15 Å². The standard InChI is InChI=1S/C10H13ClN4/c1-6(12)2-3-7-4-13-10-8(7)9(11)14-5-15-10/h4-6H,2-3,12H2,1H3,(H,13,14,15)/t6-/m0/s1. The molecule has 0 aliphatic heterocycles. The van der Waals surface area contributed by atoms with E-state index in [0.29, 0.717) is 5.15 Å². The molecule has 0 saturated carbocycles. The maximum absolute atomic E-state index is 6.02. The molecule has 3 N–H and O–H groups in total. The number of rotatable bonds is 3. The van der Waals surface area contributed by atoms with E-state index < -0.39 is 0 Å². The van der Waals surface area contributed by atoms with Crippen molar-refractivity contribution in [3.63, 3.8) is 0 Å². The predicted octanol–water partition coefficient (Wildman–Crippen LogP) is 1.89. The molecule has 80 valence electrons. The highest BCUT2D eigenvalue weighted by Gasteiger charge is 2.09. The van der Waals surface area contributed by atoms with Gasteiger partial charge in [0.15, 0.2) is 0 Å². The van der Waals surface area contributed by atoms with E-state index in [1.54, 1.807) is 0 Å². The van der Waals surface area contributed by atoms with Crippen molar-refractivity contribution >= 4 is 22.6 Å². The molecule has 0 bridgehead atoms.